The molecule has 10 heteroatoms. The first-order valence-corrected chi connectivity index (χ1v) is 13.2. The molecular weight excluding hydrogens is 516 g/mol. The molecule has 1 fully saturated rings. The molecule has 3 aliphatic rings. The molecule has 6 N–H and O–H groups in total. The number of aliphatic hydroxyl groups excluding tert-OH is 2. The van der Waals surface area contributed by atoms with E-state index < -0.39 is 52.0 Å². The van der Waals surface area contributed by atoms with Crippen LogP contribution in [-0.4, -0.2) is 54.3 Å². The molecular formula is C30H30N2O8. The van der Waals surface area contributed by atoms with E-state index in [0.29, 0.717) is 23.1 Å². The lowest BCUT2D eigenvalue weighted by Crippen LogP contribution is -2.58. The fourth-order valence-electron chi connectivity index (χ4n) is 6.37. The monoisotopic (exact) mass is 546 g/mol. The molecule has 208 valence electrons. The Labute approximate surface area is 229 Å². The van der Waals surface area contributed by atoms with Gasteiger partial charge in [-0.05, 0) is 59.9 Å². The van der Waals surface area contributed by atoms with Crippen LogP contribution < -0.4 is 5.73 Å². The van der Waals surface area contributed by atoms with E-state index >= 15 is 0 Å². The molecule has 5 rings (SSSR count). The number of carbonyl (C=O) groups is 4. The summed E-state index contributed by atoms with van der Waals surface area (Å²) in [4.78, 5) is 55.0. The van der Waals surface area contributed by atoms with Crippen LogP contribution in [0.5, 0.6) is 5.75 Å². The number of aromatic nitrogens is 1. The highest BCUT2D eigenvalue weighted by Crippen LogP contribution is 2.53. The number of carbonyl (C=O) groups excluding carboxylic acids is 4. The maximum absolute atomic E-state index is 13.8. The maximum atomic E-state index is 13.8. The van der Waals surface area contributed by atoms with Gasteiger partial charge in [-0.25, -0.2) is 0 Å². The number of aryl methyl sites for hydroxylation is 1. The second-order valence-electron chi connectivity index (χ2n) is 11.1. The Hall–Kier alpha value is -4.31. The van der Waals surface area contributed by atoms with Gasteiger partial charge in [-0.15, -0.1) is 0 Å². The molecule has 3 atom stereocenters. The minimum atomic E-state index is -2.61. The molecule has 10 nitrogen and oxygen atoms in total. The summed E-state index contributed by atoms with van der Waals surface area (Å²) in [6, 6.07) is 5.16. The standard InChI is InChI=1S/C30H30N2O8/c1-13(2)18-9-14(5-6-20(33)15-4-3-7-32-12-15)19-10-16-8-17-11-21(34)24(29(31)39)28(38)30(17,40)27(37)22(16)26(36)23(19)25(18)35/h3-4,7,9,12-13,16-17,35-36,38,40H,5-6,8,10-11H2,1-2H3,(H2,31,39)/t16-,17+,30+/m1/s1. The maximum Gasteiger partial charge on any atom is 0.255 e. The van der Waals surface area contributed by atoms with Crippen molar-refractivity contribution in [1.82, 2.24) is 4.98 Å². The van der Waals surface area contributed by atoms with Gasteiger partial charge in [-0.1, -0.05) is 19.9 Å². The van der Waals surface area contributed by atoms with Crippen LogP contribution in [0.25, 0.3) is 5.76 Å². The summed E-state index contributed by atoms with van der Waals surface area (Å²) >= 11 is 0. The zero-order valence-corrected chi connectivity index (χ0v) is 22.1. The summed E-state index contributed by atoms with van der Waals surface area (Å²) in [5.41, 5.74) is 3.93. The van der Waals surface area contributed by atoms with Crippen LogP contribution in [0.15, 0.2) is 47.5 Å². The van der Waals surface area contributed by atoms with Crippen molar-refractivity contribution in [3.8, 4) is 5.75 Å². The molecule has 1 aromatic carbocycles. The summed E-state index contributed by atoms with van der Waals surface area (Å²) in [6.07, 6.45) is 3.37. The van der Waals surface area contributed by atoms with Crippen LogP contribution in [0.4, 0.5) is 0 Å². The smallest absolute Gasteiger partial charge is 0.255 e. The Morgan fingerprint density at radius 3 is 2.52 bits per heavy atom. The van der Waals surface area contributed by atoms with Gasteiger partial charge in [0.25, 0.3) is 5.91 Å². The first kappa shape index (κ1) is 27.3. The second-order valence-corrected chi connectivity index (χ2v) is 11.1. The number of fused-ring (bicyclic) bond motifs is 3. The van der Waals surface area contributed by atoms with Gasteiger partial charge in [-0.3, -0.25) is 24.2 Å². The van der Waals surface area contributed by atoms with Crippen LogP contribution in [0.1, 0.15) is 71.6 Å². The number of hydrogen-bond acceptors (Lipinski definition) is 9. The Kier molecular flexibility index (Phi) is 6.62. The second kappa shape index (κ2) is 9.71. The topological polar surface area (TPSA) is 188 Å². The van der Waals surface area contributed by atoms with Gasteiger partial charge in [0.15, 0.2) is 17.2 Å². The number of phenols is 1. The molecule has 1 aromatic heterocycles. The zero-order chi connectivity index (χ0) is 29.1. The third-order valence-corrected chi connectivity index (χ3v) is 8.41. The number of ketones is 3. The first-order chi connectivity index (χ1) is 18.9. The van der Waals surface area contributed by atoms with Gasteiger partial charge in [0.05, 0.1) is 5.56 Å². The number of primary amides is 1. The van der Waals surface area contributed by atoms with E-state index in [1.54, 1.807) is 18.3 Å². The SMILES string of the molecule is CC(C)c1cc(CCC(=O)c2cccnc2)c2c(c1O)C(O)=C1C(=O)[C@]3(O)C(O)=C(C(N)=O)C(=O)C[C@@H]3C[C@@H]1C2. The normalized spacial score (nSPS) is 24.1. The van der Waals surface area contributed by atoms with Crippen molar-refractivity contribution in [2.45, 2.75) is 57.5 Å². The van der Waals surface area contributed by atoms with Crippen molar-refractivity contribution in [1.29, 1.82) is 0 Å². The summed E-state index contributed by atoms with van der Waals surface area (Å²) in [5, 5.41) is 44.8. The van der Waals surface area contributed by atoms with E-state index in [2.05, 4.69) is 4.98 Å². The molecule has 0 unspecified atom stereocenters. The molecule has 3 aliphatic carbocycles. The summed E-state index contributed by atoms with van der Waals surface area (Å²) < 4.78 is 0. The molecule has 0 bridgehead atoms. The van der Waals surface area contributed by atoms with Crippen molar-refractivity contribution in [2.75, 3.05) is 0 Å². The summed E-state index contributed by atoms with van der Waals surface area (Å²) in [5.74, 6) is -6.90. The van der Waals surface area contributed by atoms with Gasteiger partial charge >= 0.3 is 0 Å². The van der Waals surface area contributed by atoms with Gasteiger partial charge in [-0.2, -0.15) is 0 Å². The minimum Gasteiger partial charge on any atom is -0.508 e. The van der Waals surface area contributed by atoms with Gasteiger partial charge in [0.2, 0.25) is 5.78 Å². The quantitative estimate of drug-likeness (QED) is 0.268. The van der Waals surface area contributed by atoms with E-state index in [0.717, 1.165) is 5.56 Å². The molecule has 2 aromatic rings. The van der Waals surface area contributed by atoms with E-state index in [1.807, 2.05) is 19.9 Å². The van der Waals surface area contributed by atoms with Crippen LogP contribution in [-0.2, 0) is 27.2 Å². The average molecular weight is 547 g/mol. The number of nitrogens with zero attached hydrogens (tertiary/aromatic N) is 1. The van der Waals surface area contributed by atoms with Gasteiger partial charge in [0, 0.05) is 42.3 Å². The lowest BCUT2D eigenvalue weighted by atomic mass is 9.59. The molecule has 40 heavy (non-hydrogen) atoms. The van der Waals surface area contributed by atoms with E-state index in [9.17, 15) is 39.6 Å². The Bertz CT molecular complexity index is 1540. The van der Waals surface area contributed by atoms with Crippen molar-refractivity contribution >= 4 is 29.0 Å². The number of hydrogen-bond donors (Lipinski definition) is 5. The van der Waals surface area contributed by atoms with E-state index in [-0.39, 0.29) is 54.3 Å². The van der Waals surface area contributed by atoms with Gasteiger partial charge in [0.1, 0.15) is 22.8 Å². The zero-order valence-electron chi connectivity index (χ0n) is 22.1. The minimum absolute atomic E-state index is 0.0437. The molecule has 0 saturated heterocycles. The van der Waals surface area contributed by atoms with Crippen LogP contribution in [0, 0.1) is 11.8 Å². The molecule has 1 amide bonds. The summed E-state index contributed by atoms with van der Waals surface area (Å²) in [6.45, 7) is 3.71. The average Bonchev–Trinajstić information content (AvgIpc) is 2.90. The number of Topliss-reactive ketones (excluding diaryl/α,β-unsaturated/α-hetero) is 3. The number of pyridine rings is 1. The van der Waals surface area contributed by atoms with E-state index in [1.165, 1.54) is 6.20 Å². The van der Waals surface area contributed by atoms with E-state index in [4.69, 9.17) is 5.73 Å². The van der Waals surface area contributed by atoms with Crippen LogP contribution in [0.3, 0.4) is 0 Å². The van der Waals surface area contributed by atoms with Crippen molar-refractivity contribution in [3.05, 3.63) is 75.3 Å². The largest absolute Gasteiger partial charge is 0.508 e. The lowest BCUT2D eigenvalue weighted by molar-refractivity contribution is -0.147. The highest BCUT2D eigenvalue weighted by molar-refractivity contribution is 6.22. The number of amides is 1. The number of rotatable bonds is 6. The number of aromatic hydroxyl groups is 1. The van der Waals surface area contributed by atoms with Gasteiger partial charge < -0.3 is 26.2 Å². The third-order valence-electron chi connectivity index (χ3n) is 8.41. The molecule has 0 aliphatic heterocycles. The Morgan fingerprint density at radius 1 is 1.18 bits per heavy atom. The highest BCUT2D eigenvalue weighted by Gasteiger charge is 2.60. The van der Waals surface area contributed by atoms with Crippen LogP contribution >= 0.6 is 0 Å². The molecule has 1 heterocycles. The fourth-order valence-corrected chi connectivity index (χ4v) is 6.37. The number of benzene rings is 1. The molecule has 0 spiro atoms. The van der Waals surface area contributed by atoms with Crippen LogP contribution in [0.2, 0.25) is 0 Å². The molecule has 1 saturated carbocycles. The predicted octanol–water partition coefficient (Wildman–Crippen LogP) is 2.76. The predicted molar refractivity (Wildman–Crippen MR) is 142 cm³/mol. The number of aliphatic hydroxyl groups is 3. The summed E-state index contributed by atoms with van der Waals surface area (Å²) in [7, 11) is 0. The lowest BCUT2D eigenvalue weighted by Gasteiger charge is -2.46. The first-order valence-electron chi connectivity index (χ1n) is 13.2. The Balaban J connectivity index is 1.62. The number of nitrogens with two attached hydrogens (primary N) is 1. The third kappa shape index (κ3) is 4.02. The number of phenolic OH excluding ortho intramolecular Hbond substituents is 1. The molecule has 0 radical (unpaired) electrons. The van der Waals surface area contributed by atoms with Crippen molar-refractivity contribution in [2.24, 2.45) is 17.6 Å². The van der Waals surface area contributed by atoms with Crippen molar-refractivity contribution < 1.29 is 39.6 Å². The van der Waals surface area contributed by atoms with Crippen molar-refractivity contribution in [3.63, 3.8) is 0 Å². The fraction of sp³-hybridized carbons (Fsp3) is 0.367. The Morgan fingerprint density at radius 2 is 1.90 bits per heavy atom. The highest BCUT2D eigenvalue weighted by atomic mass is 16.3.